The van der Waals surface area contributed by atoms with Crippen molar-refractivity contribution >= 4 is 5.97 Å². The lowest BCUT2D eigenvalue weighted by molar-refractivity contribution is -0.146. The van der Waals surface area contributed by atoms with Gasteiger partial charge in [-0.2, -0.15) is 0 Å². The van der Waals surface area contributed by atoms with Gasteiger partial charge in [-0.05, 0) is 0 Å². The number of halogens is 2. The van der Waals surface area contributed by atoms with Crippen LogP contribution in [0.3, 0.4) is 0 Å². The van der Waals surface area contributed by atoms with Crippen LogP contribution in [-0.2, 0) is 9.53 Å². The minimum absolute atomic E-state index is 0.424. The second-order valence-corrected chi connectivity index (χ2v) is 2.05. The fraction of sp³-hybridized carbons (Fsp3) is 0.833. The smallest absolute Gasteiger partial charge is 0.308 e. The lowest BCUT2D eigenvalue weighted by Gasteiger charge is -2.06. The zero-order valence-electron chi connectivity index (χ0n) is 5.93. The number of alkyl halides is 2. The highest BCUT2D eigenvalue weighted by Gasteiger charge is 2.17. The van der Waals surface area contributed by atoms with Crippen molar-refractivity contribution in [1.82, 2.24) is 0 Å². The van der Waals surface area contributed by atoms with Gasteiger partial charge in [-0.25, -0.2) is 8.78 Å². The number of carbonyl (C=O) groups is 1. The third-order valence-electron chi connectivity index (χ3n) is 1.14. The number of hydrogen-bond donors (Lipinski definition) is 0. The molecule has 0 spiro atoms. The molecule has 10 heavy (non-hydrogen) atoms. The second-order valence-electron chi connectivity index (χ2n) is 2.05. The van der Waals surface area contributed by atoms with Crippen molar-refractivity contribution in [3.8, 4) is 0 Å². The molecule has 0 aromatic carbocycles. The van der Waals surface area contributed by atoms with Crippen molar-refractivity contribution in [2.24, 2.45) is 5.92 Å². The quantitative estimate of drug-likeness (QED) is 0.572. The Morgan fingerprint density at radius 2 is 2.10 bits per heavy atom. The highest BCUT2D eigenvalue weighted by Crippen LogP contribution is 2.10. The van der Waals surface area contributed by atoms with Gasteiger partial charge in [0.25, 0.3) is 0 Å². The first-order valence-electron chi connectivity index (χ1n) is 2.94. The summed E-state index contributed by atoms with van der Waals surface area (Å²) < 4.78 is 27.4. The van der Waals surface area contributed by atoms with Crippen LogP contribution in [0.2, 0.25) is 0 Å². The maximum atomic E-state index is 11.6. The highest BCUT2D eigenvalue weighted by molar-refractivity contribution is 5.71. The van der Waals surface area contributed by atoms with Gasteiger partial charge in [0, 0.05) is 6.42 Å². The molecular weight excluding hydrogens is 142 g/mol. The lowest BCUT2D eigenvalue weighted by Crippen LogP contribution is -2.15. The molecule has 0 aliphatic rings. The molecule has 0 aliphatic carbocycles. The van der Waals surface area contributed by atoms with Crippen molar-refractivity contribution in [1.29, 1.82) is 0 Å². The summed E-state index contributed by atoms with van der Waals surface area (Å²) in [5, 5.41) is 0. The fourth-order valence-electron chi connectivity index (χ4n) is 0.565. The second kappa shape index (κ2) is 4.19. The Bertz CT molecular complexity index is 114. The largest absolute Gasteiger partial charge is 0.469 e. The van der Waals surface area contributed by atoms with E-state index in [1.165, 1.54) is 14.0 Å². The molecule has 0 bridgehead atoms. The van der Waals surface area contributed by atoms with E-state index in [0.29, 0.717) is 0 Å². The highest BCUT2D eigenvalue weighted by atomic mass is 19.3. The molecule has 60 valence electrons. The van der Waals surface area contributed by atoms with E-state index < -0.39 is 24.7 Å². The number of hydrogen-bond acceptors (Lipinski definition) is 2. The van der Waals surface area contributed by atoms with Crippen LogP contribution in [0, 0.1) is 5.92 Å². The van der Waals surface area contributed by atoms with E-state index in [-0.39, 0.29) is 0 Å². The average Bonchev–Trinajstić information content (AvgIpc) is 1.85. The van der Waals surface area contributed by atoms with Crippen LogP contribution in [-0.4, -0.2) is 19.5 Å². The first-order chi connectivity index (χ1) is 4.57. The molecule has 2 nitrogen and oxygen atoms in total. The van der Waals surface area contributed by atoms with Gasteiger partial charge in [-0.1, -0.05) is 6.92 Å². The van der Waals surface area contributed by atoms with Gasteiger partial charge in [0.1, 0.15) is 0 Å². The summed E-state index contributed by atoms with van der Waals surface area (Å²) in [6, 6.07) is 0. The van der Waals surface area contributed by atoms with Crippen LogP contribution < -0.4 is 0 Å². The average molecular weight is 152 g/mol. The molecule has 1 atom stereocenters. The summed E-state index contributed by atoms with van der Waals surface area (Å²) >= 11 is 0. The monoisotopic (exact) mass is 152 g/mol. The van der Waals surface area contributed by atoms with Crippen LogP contribution in [0.1, 0.15) is 13.3 Å². The van der Waals surface area contributed by atoms with Crippen LogP contribution in [0.4, 0.5) is 8.78 Å². The lowest BCUT2D eigenvalue weighted by atomic mass is 10.1. The maximum Gasteiger partial charge on any atom is 0.308 e. The van der Waals surface area contributed by atoms with Gasteiger partial charge in [-0.15, -0.1) is 0 Å². The maximum absolute atomic E-state index is 11.6. The normalized spacial score (nSPS) is 13.3. The topological polar surface area (TPSA) is 26.3 Å². The van der Waals surface area contributed by atoms with E-state index >= 15 is 0 Å². The zero-order chi connectivity index (χ0) is 8.15. The Hall–Kier alpha value is -0.670. The van der Waals surface area contributed by atoms with E-state index in [4.69, 9.17) is 0 Å². The summed E-state index contributed by atoms with van der Waals surface area (Å²) in [4.78, 5) is 10.5. The van der Waals surface area contributed by atoms with Crippen molar-refractivity contribution in [3.63, 3.8) is 0 Å². The first-order valence-corrected chi connectivity index (χ1v) is 2.94. The number of ether oxygens (including phenoxy) is 1. The number of carbonyl (C=O) groups excluding carboxylic acids is 1. The van der Waals surface area contributed by atoms with Crippen molar-refractivity contribution < 1.29 is 18.3 Å². The van der Waals surface area contributed by atoms with Crippen LogP contribution in [0.15, 0.2) is 0 Å². The third kappa shape index (κ3) is 3.37. The molecule has 1 unspecified atom stereocenters. The van der Waals surface area contributed by atoms with Crippen molar-refractivity contribution in [2.75, 3.05) is 7.11 Å². The Kier molecular flexibility index (Phi) is 3.91. The van der Waals surface area contributed by atoms with Gasteiger partial charge in [0.05, 0.1) is 13.0 Å². The van der Waals surface area contributed by atoms with Crippen LogP contribution >= 0.6 is 0 Å². The molecule has 0 radical (unpaired) electrons. The predicted octanol–water partition coefficient (Wildman–Crippen LogP) is 1.45. The van der Waals surface area contributed by atoms with E-state index in [0.717, 1.165) is 0 Å². The van der Waals surface area contributed by atoms with Crippen molar-refractivity contribution in [3.05, 3.63) is 0 Å². The van der Waals surface area contributed by atoms with Gasteiger partial charge >= 0.3 is 5.97 Å². The Labute approximate surface area is 58.2 Å². The molecule has 0 N–H and O–H groups in total. The Morgan fingerprint density at radius 3 is 2.40 bits per heavy atom. The summed E-state index contributed by atoms with van der Waals surface area (Å²) in [7, 11) is 1.18. The van der Waals surface area contributed by atoms with Gasteiger partial charge < -0.3 is 4.74 Å². The van der Waals surface area contributed by atoms with E-state index in [9.17, 15) is 13.6 Å². The summed E-state index contributed by atoms with van der Waals surface area (Å²) in [6.45, 7) is 1.41. The Morgan fingerprint density at radius 1 is 1.60 bits per heavy atom. The van der Waals surface area contributed by atoms with E-state index in [2.05, 4.69) is 4.74 Å². The Balaban J connectivity index is 3.61. The van der Waals surface area contributed by atoms with E-state index in [1.54, 1.807) is 0 Å². The van der Waals surface area contributed by atoms with Crippen LogP contribution in [0.25, 0.3) is 0 Å². The molecule has 0 aromatic rings. The van der Waals surface area contributed by atoms with E-state index in [1.807, 2.05) is 0 Å². The predicted molar refractivity (Wildman–Crippen MR) is 31.8 cm³/mol. The molecule has 0 aromatic heterocycles. The zero-order valence-corrected chi connectivity index (χ0v) is 5.93. The van der Waals surface area contributed by atoms with Gasteiger partial charge in [0.15, 0.2) is 0 Å². The first kappa shape index (κ1) is 9.33. The third-order valence-corrected chi connectivity index (χ3v) is 1.14. The molecule has 0 heterocycles. The number of methoxy groups -OCH3 is 1. The standard InChI is InChI=1S/C6H10F2O2/c1-4(3-5(7)8)6(9)10-2/h4-5H,3H2,1-2H3. The van der Waals surface area contributed by atoms with Crippen LogP contribution in [0.5, 0.6) is 0 Å². The molecule has 0 saturated heterocycles. The molecular formula is C6H10F2O2. The molecule has 0 aliphatic heterocycles. The van der Waals surface area contributed by atoms with Gasteiger partial charge in [-0.3, -0.25) is 4.79 Å². The molecule has 0 saturated carbocycles. The number of rotatable bonds is 3. The summed E-state index contributed by atoms with van der Waals surface area (Å²) in [6.07, 6.45) is -2.86. The number of esters is 1. The van der Waals surface area contributed by atoms with Gasteiger partial charge in [0.2, 0.25) is 6.43 Å². The molecule has 0 fully saturated rings. The minimum atomic E-state index is -2.44. The fourth-order valence-corrected chi connectivity index (χ4v) is 0.565. The summed E-state index contributed by atoms with van der Waals surface area (Å²) in [5.74, 6) is -1.29. The minimum Gasteiger partial charge on any atom is -0.469 e. The summed E-state index contributed by atoms with van der Waals surface area (Å²) in [5.41, 5.74) is 0. The molecule has 0 amide bonds. The SMILES string of the molecule is COC(=O)C(C)CC(F)F. The van der Waals surface area contributed by atoms with Crippen molar-refractivity contribution in [2.45, 2.75) is 19.8 Å². The molecule has 4 heteroatoms. The molecule has 0 rings (SSSR count).